The number of carbonyl (C=O) groups is 1. The third kappa shape index (κ3) is 4.25. The van der Waals surface area contributed by atoms with E-state index in [0.29, 0.717) is 17.9 Å². The lowest BCUT2D eigenvalue weighted by Crippen LogP contribution is -2.41. The minimum atomic E-state index is -0.910. The van der Waals surface area contributed by atoms with E-state index in [1.165, 1.54) is 23.5 Å². The Morgan fingerprint density at radius 3 is 2.86 bits per heavy atom. The molecule has 2 heterocycles. The normalized spacial score (nSPS) is 13.5. The third-order valence-corrected chi connectivity index (χ3v) is 3.05. The predicted molar refractivity (Wildman–Crippen MR) is 77.1 cm³/mol. The van der Waals surface area contributed by atoms with E-state index in [4.69, 9.17) is 0 Å². The van der Waals surface area contributed by atoms with E-state index >= 15 is 0 Å². The van der Waals surface area contributed by atoms with E-state index in [-0.39, 0.29) is 12.6 Å². The molecule has 2 rings (SSSR count). The van der Waals surface area contributed by atoms with Gasteiger partial charge in [0.1, 0.15) is 12.7 Å². The minimum Gasteiger partial charge on any atom is -0.388 e. The molecule has 0 saturated heterocycles. The van der Waals surface area contributed by atoms with Crippen LogP contribution in [0.5, 0.6) is 0 Å². The molecule has 2 aromatic rings. The predicted octanol–water partition coefficient (Wildman–Crippen LogP) is 0.945. The Morgan fingerprint density at radius 2 is 2.29 bits per heavy atom. The molecule has 0 unspecified atom stereocenters. The number of nitrogens with one attached hydrogen (secondary N) is 2. The van der Waals surface area contributed by atoms with E-state index in [1.807, 2.05) is 6.92 Å². The lowest BCUT2D eigenvalue weighted by molar-refractivity contribution is 0.0587. The van der Waals surface area contributed by atoms with Gasteiger partial charge in [0.15, 0.2) is 5.82 Å². The topological polar surface area (TPSA) is 105 Å². The van der Waals surface area contributed by atoms with Crippen LogP contribution in [0.2, 0.25) is 0 Å². The average molecular weight is 290 g/mol. The largest absolute Gasteiger partial charge is 0.388 e. The summed E-state index contributed by atoms with van der Waals surface area (Å²) in [6, 6.07) is 3.03. The van der Waals surface area contributed by atoms with Crippen molar-refractivity contribution in [1.29, 1.82) is 0 Å². The van der Waals surface area contributed by atoms with Crippen molar-refractivity contribution in [1.82, 2.24) is 25.1 Å². The summed E-state index contributed by atoms with van der Waals surface area (Å²) in [5, 5.41) is 19.0. The monoisotopic (exact) mass is 290 g/mol. The van der Waals surface area contributed by atoms with E-state index in [9.17, 15) is 9.90 Å². The maximum absolute atomic E-state index is 11.7. The lowest BCUT2D eigenvalue weighted by Gasteiger charge is -2.21. The number of pyridine rings is 1. The summed E-state index contributed by atoms with van der Waals surface area (Å²) in [4.78, 5) is 19.7. The molecule has 0 radical (unpaired) electrons. The van der Waals surface area contributed by atoms with Crippen molar-refractivity contribution in [3.8, 4) is 5.82 Å². The summed E-state index contributed by atoms with van der Waals surface area (Å²) in [5.74, 6) is 0.604. The summed E-state index contributed by atoms with van der Waals surface area (Å²) in [7, 11) is 0. The van der Waals surface area contributed by atoms with Crippen molar-refractivity contribution in [2.24, 2.45) is 0 Å². The van der Waals surface area contributed by atoms with E-state index in [2.05, 4.69) is 25.7 Å². The Balaban J connectivity index is 1.90. The Bertz CT molecular complexity index is 579. The Kier molecular flexibility index (Phi) is 4.49. The number of hydrogen-bond acceptors (Lipinski definition) is 5. The van der Waals surface area contributed by atoms with Crippen LogP contribution in [0.4, 0.5) is 10.5 Å². The van der Waals surface area contributed by atoms with Gasteiger partial charge in [-0.15, -0.1) is 0 Å². The molecule has 21 heavy (non-hydrogen) atoms. The second kappa shape index (κ2) is 6.31. The highest BCUT2D eigenvalue weighted by molar-refractivity contribution is 5.89. The van der Waals surface area contributed by atoms with Crippen LogP contribution in [0.15, 0.2) is 31.0 Å². The number of carbonyl (C=O) groups excluding carboxylic acids is 1. The van der Waals surface area contributed by atoms with Gasteiger partial charge in [-0.05, 0) is 25.5 Å². The van der Waals surface area contributed by atoms with Crippen molar-refractivity contribution in [3.63, 3.8) is 0 Å². The Labute approximate surface area is 122 Å². The van der Waals surface area contributed by atoms with Gasteiger partial charge in [-0.25, -0.2) is 19.4 Å². The lowest BCUT2D eigenvalue weighted by atomic mass is 10.0. The molecule has 0 spiro atoms. The number of amides is 2. The second-order valence-corrected chi connectivity index (χ2v) is 4.90. The molecule has 1 atom stereocenters. The molecular formula is C13H18N6O2. The van der Waals surface area contributed by atoms with Crippen LogP contribution < -0.4 is 10.6 Å². The molecule has 0 aliphatic carbocycles. The SMILES string of the molecule is CC[C@](C)(O)CNC(=O)Nc1ccc(-n2cncn2)nc1. The number of rotatable bonds is 5. The summed E-state index contributed by atoms with van der Waals surface area (Å²) < 4.78 is 1.52. The van der Waals surface area contributed by atoms with Crippen molar-refractivity contribution < 1.29 is 9.90 Å². The molecule has 0 aliphatic heterocycles. The van der Waals surface area contributed by atoms with Gasteiger partial charge in [0, 0.05) is 6.54 Å². The molecule has 3 N–H and O–H groups in total. The first-order valence-corrected chi connectivity index (χ1v) is 6.58. The van der Waals surface area contributed by atoms with Gasteiger partial charge in [-0.3, -0.25) is 0 Å². The smallest absolute Gasteiger partial charge is 0.319 e. The fourth-order valence-corrected chi connectivity index (χ4v) is 1.49. The number of urea groups is 1. The van der Waals surface area contributed by atoms with Crippen LogP contribution in [-0.4, -0.2) is 43.0 Å². The molecule has 0 aromatic carbocycles. The van der Waals surface area contributed by atoms with Gasteiger partial charge in [-0.1, -0.05) is 6.92 Å². The standard InChI is InChI=1S/C13H18N6O2/c1-3-13(2,21)7-16-12(20)18-10-4-5-11(15-6-10)19-9-14-8-17-19/h4-6,8-9,21H,3,7H2,1-2H3,(H2,16,18,20)/t13-/m0/s1. The van der Waals surface area contributed by atoms with E-state index in [1.54, 1.807) is 19.1 Å². The van der Waals surface area contributed by atoms with Crippen LogP contribution in [0, 0.1) is 0 Å². The van der Waals surface area contributed by atoms with Gasteiger partial charge >= 0.3 is 6.03 Å². The zero-order chi connectivity index (χ0) is 15.3. The molecule has 0 saturated carbocycles. The molecule has 2 amide bonds. The molecule has 112 valence electrons. The minimum absolute atomic E-state index is 0.180. The number of nitrogens with zero attached hydrogens (tertiary/aromatic N) is 4. The number of anilines is 1. The van der Waals surface area contributed by atoms with Crippen LogP contribution in [0.3, 0.4) is 0 Å². The molecule has 0 aliphatic rings. The molecule has 0 fully saturated rings. The van der Waals surface area contributed by atoms with E-state index < -0.39 is 5.60 Å². The first kappa shape index (κ1) is 14.9. The Hall–Kier alpha value is -2.48. The number of aromatic nitrogens is 4. The molecular weight excluding hydrogens is 272 g/mol. The summed E-state index contributed by atoms with van der Waals surface area (Å²) in [5.41, 5.74) is -0.362. The maximum atomic E-state index is 11.7. The molecule has 2 aromatic heterocycles. The zero-order valence-electron chi connectivity index (χ0n) is 11.9. The van der Waals surface area contributed by atoms with Crippen molar-refractivity contribution in [3.05, 3.63) is 31.0 Å². The van der Waals surface area contributed by atoms with Gasteiger partial charge in [0.2, 0.25) is 0 Å². The highest BCUT2D eigenvalue weighted by Crippen LogP contribution is 2.09. The molecule has 8 heteroatoms. The van der Waals surface area contributed by atoms with Crippen molar-refractivity contribution >= 4 is 11.7 Å². The number of hydrogen-bond donors (Lipinski definition) is 3. The fraction of sp³-hybridized carbons (Fsp3) is 0.385. The Morgan fingerprint density at radius 1 is 1.48 bits per heavy atom. The maximum Gasteiger partial charge on any atom is 0.319 e. The van der Waals surface area contributed by atoms with Gasteiger partial charge in [-0.2, -0.15) is 5.10 Å². The first-order chi connectivity index (χ1) is 10.00. The highest BCUT2D eigenvalue weighted by atomic mass is 16.3. The van der Waals surface area contributed by atoms with Crippen LogP contribution in [-0.2, 0) is 0 Å². The van der Waals surface area contributed by atoms with Crippen LogP contribution in [0.25, 0.3) is 5.82 Å². The molecule has 0 bridgehead atoms. The van der Waals surface area contributed by atoms with Crippen molar-refractivity contribution in [2.75, 3.05) is 11.9 Å². The van der Waals surface area contributed by atoms with Crippen LogP contribution >= 0.6 is 0 Å². The van der Waals surface area contributed by atoms with Gasteiger partial charge < -0.3 is 15.7 Å². The fourth-order valence-electron chi connectivity index (χ4n) is 1.49. The first-order valence-electron chi connectivity index (χ1n) is 6.58. The van der Waals surface area contributed by atoms with Gasteiger partial charge in [0.05, 0.1) is 17.5 Å². The summed E-state index contributed by atoms with van der Waals surface area (Å²) in [6.45, 7) is 3.70. The summed E-state index contributed by atoms with van der Waals surface area (Å²) >= 11 is 0. The highest BCUT2D eigenvalue weighted by Gasteiger charge is 2.18. The quantitative estimate of drug-likeness (QED) is 0.760. The number of aliphatic hydroxyl groups is 1. The average Bonchev–Trinajstić information content (AvgIpc) is 3.00. The van der Waals surface area contributed by atoms with E-state index in [0.717, 1.165) is 0 Å². The molecule has 8 nitrogen and oxygen atoms in total. The van der Waals surface area contributed by atoms with Gasteiger partial charge in [0.25, 0.3) is 0 Å². The second-order valence-electron chi connectivity index (χ2n) is 4.90. The van der Waals surface area contributed by atoms with Crippen LogP contribution in [0.1, 0.15) is 20.3 Å². The van der Waals surface area contributed by atoms with Crippen molar-refractivity contribution in [2.45, 2.75) is 25.9 Å². The summed E-state index contributed by atoms with van der Waals surface area (Å²) in [6.07, 6.45) is 5.03. The zero-order valence-corrected chi connectivity index (χ0v) is 11.9. The third-order valence-electron chi connectivity index (χ3n) is 3.05.